The Balaban J connectivity index is 0.811. The van der Waals surface area contributed by atoms with E-state index in [-0.39, 0.29) is 0 Å². The molecule has 15 rings (SSSR count). The second-order valence-corrected chi connectivity index (χ2v) is 20.6. The molecule has 350 valence electrons. The van der Waals surface area contributed by atoms with Crippen LogP contribution in [-0.4, -0.2) is 0 Å². The first-order valence-corrected chi connectivity index (χ1v) is 26.3. The Bertz CT molecular complexity index is 3760. The molecule has 0 bridgehead atoms. The first kappa shape index (κ1) is 43.2. The summed E-state index contributed by atoms with van der Waals surface area (Å²) < 4.78 is 0. The minimum Gasteiger partial charge on any atom is -0.0622 e. The molecule has 0 nitrogen and oxygen atoms in total. The third kappa shape index (κ3) is 6.06. The highest BCUT2D eigenvalue weighted by Crippen LogP contribution is 2.59. The van der Waals surface area contributed by atoms with E-state index in [0.717, 1.165) is 0 Å². The van der Waals surface area contributed by atoms with Crippen LogP contribution < -0.4 is 0 Å². The van der Waals surface area contributed by atoms with Gasteiger partial charge >= 0.3 is 0 Å². The van der Waals surface area contributed by atoms with Crippen molar-refractivity contribution in [2.24, 2.45) is 0 Å². The van der Waals surface area contributed by atoms with Crippen LogP contribution >= 0.6 is 0 Å². The second kappa shape index (κ2) is 16.9. The summed E-state index contributed by atoms with van der Waals surface area (Å²) in [5, 5.41) is 0. The van der Waals surface area contributed by atoms with Crippen LogP contribution in [0.25, 0.3) is 55.6 Å². The molecule has 0 saturated carbocycles. The predicted octanol–water partition coefficient (Wildman–Crippen LogP) is 18.1. The summed E-state index contributed by atoms with van der Waals surface area (Å²) >= 11 is 0. The quantitative estimate of drug-likeness (QED) is 0.142. The van der Waals surface area contributed by atoms with Crippen LogP contribution in [0.2, 0.25) is 0 Å². The predicted molar refractivity (Wildman–Crippen MR) is 309 cm³/mol. The normalized spacial score (nSPS) is 14.5. The average Bonchev–Trinajstić information content (AvgIpc) is 4.17. The van der Waals surface area contributed by atoms with Crippen LogP contribution in [0.15, 0.2) is 303 Å². The molecule has 0 amide bonds. The highest BCUT2D eigenvalue weighted by atomic mass is 14.5. The molecule has 0 heteroatoms. The SMILES string of the molecule is c1ccc(C2(c3ccc(-c4ccc(C5(c6ccc(-c7ccc(C8(c9ccccc9)c9ccccc9-c9ccccc98)cc7)cc6)c6ccccc6-c6ccccc65)cc4)cc3)c3ccccc3-c3ccccc32)cc1. The fourth-order valence-corrected chi connectivity index (χ4v) is 14.1. The first-order valence-electron chi connectivity index (χ1n) is 26.3. The van der Waals surface area contributed by atoms with Crippen LogP contribution in [0, 0.1) is 0 Å². The maximum atomic E-state index is 2.38. The number of benzene rings is 12. The summed E-state index contributed by atoms with van der Waals surface area (Å²) in [6.07, 6.45) is 0. The zero-order valence-corrected chi connectivity index (χ0v) is 41.4. The van der Waals surface area contributed by atoms with Crippen molar-refractivity contribution >= 4 is 0 Å². The molecule has 0 unspecified atom stereocenters. The highest BCUT2D eigenvalue weighted by molar-refractivity contribution is 5.89. The van der Waals surface area contributed by atoms with Crippen molar-refractivity contribution < 1.29 is 0 Å². The Morgan fingerprint density at radius 2 is 0.293 bits per heavy atom. The summed E-state index contributed by atoms with van der Waals surface area (Å²) in [6.45, 7) is 0. The van der Waals surface area contributed by atoms with Gasteiger partial charge in [0.15, 0.2) is 0 Å². The lowest BCUT2D eigenvalue weighted by Crippen LogP contribution is -2.28. The maximum absolute atomic E-state index is 2.38. The van der Waals surface area contributed by atoms with Crippen molar-refractivity contribution in [3.63, 3.8) is 0 Å². The first-order chi connectivity index (χ1) is 37.2. The van der Waals surface area contributed by atoms with Crippen molar-refractivity contribution in [3.8, 4) is 55.6 Å². The molecule has 0 aromatic heterocycles. The van der Waals surface area contributed by atoms with Gasteiger partial charge in [0.05, 0.1) is 16.2 Å². The molecule has 75 heavy (non-hydrogen) atoms. The average molecular weight is 951 g/mol. The van der Waals surface area contributed by atoms with Gasteiger partial charge in [-0.2, -0.15) is 0 Å². The lowest BCUT2D eigenvalue weighted by atomic mass is 9.67. The largest absolute Gasteiger partial charge is 0.0713 e. The Labute approximate surface area is 439 Å². The Morgan fingerprint density at radius 1 is 0.133 bits per heavy atom. The van der Waals surface area contributed by atoms with Crippen LogP contribution in [0.1, 0.15) is 66.8 Å². The van der Waals surface area contributed by atoms with Crippen LogP contribution in [0.3, 0.4) is 0 Å². The molecule has 0 radical (unpaired) electrons. The third-order valence-electron chi connectivity index (χ3n) is 17.2. The summed E-state index contributed by atoms with van der Waals surface area (Å²) in [5.41, 5.74) is 26.8. The van der Waals surface area contributed by atoms with E-state index in [9.17, 15) is 0 Å². The Hall–Kier alpha value is -9.36. The van der Waals surface area contributed by atoms with Crippen LogP contribution in [-0.2, 0) is 16.2 Å². The number of rotatable bonds is 8. The van der Waals surface area contributed by atoms with Gasteiger partial charge in [-0.1, -0.05) is 303 Å². The summed E-state index contributed by atoms with van der Waals surface area (Å²) in [5.74, 6) is 0. The number of hydrogen-bond acceptors (Lipinski definition) is 0. The van der Waals surface area contributed by atoms with Gasteiger partial charge in [0, 0.05) is 0 Å². The lowest BCUT2D eigenvalue weighted by Gasteiger charge is -2.34. The van der Waals surface area contributed by atoms with E-state index < -0.39 is 16.2 Å². The molecule has 0 saturated heterocycles. The van der Waals surface area contributed by atoms with E-state index >= 15 is 0 Å². The minimum atomic E-state index is -0.519. The van der Waals surface area contributed by atoms with Gasteiger partial charge in [-0.25, -0.2) is 0 Å². The van der Waals surface area contributed by atoms with Gasteiger partial charge in [0.2, 0.25) is 0 Å². The van der Waals surface area contributed by atoms with Gasteiger partial charge < -0.3 is 0 Å². The van der Waals surface area contributed by atoms with E-state index in [4.69, 9.17) is 0 Å². The number of fused-ring (bicyclic) bond motifs is 9. The molecule has 0 N–H and O–H groups in total. The van der Waals surface area contributed by atoms with Gasteiger partial charge in [0.1, 0.15) is 0 Å². The minimum absolute atomic E-state index is 0.425. The van der Waals surface area contributed by atoms with Gasteiger partial charge in [0.25, 0.3) is 0 Å². The van der Waals surface area contributed by atoms with Crippen molar-refractivity contribution in [2.75, 3.05) is 0 Å². The van der Waals surface area contributed by atoms with E-state index in [1.54, 1.807) is 0 Å². The van der Waals surface area contributed by atoms with E-state index in [0.29, 0.717) is 0 Å². The molecule has 0 aliphatic heterocycles. The lowest BCUT2D eigenvalue weighted by molar-refractivity contribution is 0.768. The van der Waals surface area contributed by atoms with E-state index in [1.165, 1.54) is 122 Å². The third-order valence-corrected chi connectivity index (χ3v) is 17.2. The smallest absolute Gasteiger partial charge is 0.0622 e. The van der Waals surface area contributed by atoms with E-state index in [2.05, 4.69) is 303 Å². The summed E-state index contributed by atoms with van der Waals surface area (Å²) in [6, 6.07) is 114. The molecule has 3 aliphatic carbocycles. The van der Waals surface area contributed by atoms with Crippen molar-refractivity contribution in [2.45, 2.75) is 16.2 Å². The fourth-order valence-electron chi connectivity index (χ4n) is 14.1. The molecule has 0 spiro atoms. The van der Waals surface area contributed by atoms with Crippen molar-refractivity contribution in [3.05, 3.63) is 370 Å². The summed E-state index contributed by atoms with van der Waals surface area (Å²) in [7, 11) is 0. The Kier molecular flexibility index (Phi) is 9.72. The zero-order valence-electron chi connectivity index (χ0n) is 41.4. The molecule has 0 atom stereocenters. The fraction of sp³-hybridized carbons (Fsp3) is 0.0400. The van der Waals surface area contributed by atoms with Crippen molar-refractivity contribution in [1.29, 1.82) is 0 Å². The molecule has 12 aromatic carbocycles. The topological polar surface area (TPSA) is 0 Å². The van der Waals surface area contributed by atoms with Crippen molar-refractivity contribution in [1.82, 2.24) is 0 Å². The summed E-state index contributed by atoms with van der Waals surface area (Å²) in [4.78, 5) is 0. The van der Waals surface area contributed by atoms with Gasteiger partial charge in [-0.15, -0.1) is 0 Å². The highest BCUT2D eigenvalue weighted by Gasteiger charge is 2.48. The molecule has 12 aromatic rings. The molecule has 0 fully saturated rings. The van der Waals surface area contributed by atoms with E-state index in [1.807, 2.05) is 0 Å². The molecular formula is C75H50. The molecule has 0 heterocycles. The zero-order chi connectivity index (χ0) is 49.6. The number of hydrogen-bond donors (Lipinski definition) is 0. The van der Waals surface area contributed by atoms with Gasteiger partial charge in [-0.05, 0) is 122 Å². The van der Waals surface area contributed by atoms with Gasteiger partial charge in [-0.3, -0.25) is 0 Å². The monoisotopic (exact) mass is 950 g/mol. The maximum Gasteiger partial charge on any atom is 0.0713 e. The second-order valence-electron chi connectivity index (χ2n) is 20.6. The molecular weight excluding hydrogens is 901 g/mol. The standard InChI is InChI=1S/C75H50/c1-3-19-55(20-4-1)73(67-29-13-7-23-61(67)62-24-8-14-30-68(62)73)57-43-35-51(36-44-57)53-39-47-59(48-40-53)75(71-33-17-11-27-65(71)66-28-12-18-34-72(66)75)60-49-41-54(42-50-60)52-37-45-58(46-38-52)74(56-21-5-2-6-22-56)69-31-15-9-25-63(69)64-26-10-16-32-70(64)74/h1-50H. The molecule has 3 aliphatic rings. The Morgan fingerprint density at radius 3 is 0.493 bits per heavy atom. The van der Waals surface area contributed by atoms with Crippen LogP contribution in [0.4, 0.5) is 0 Å². The van der Waals surface area contributed by atoms with Crippen LogP contribution in [0.5, 0.6) is 0 Å².